The van der Waals surface area contributed by atoms with Gasteiger partial charge in [0.25, 0.3) is 0 Å². The van der Waals surface area contributed by atoms with Gasteiger partial charge in [0.1, 0.15) is 6.04 Å². The summed E-state index contributed by atoms with van der Waals surface area (Å²) in [6.07, 6.45) is 0. The van der Waals surface area contributed by atoms with E-state index in [0.717, 1.165) is 0 Å². The number of rotatable bonds is 8. The highest BCUT2D eigenvalue weighted by atomic mass is 16.6. The number of hydrogen-bond donors (Lipinski definition) is 2. The molecule has 0 radical (unpaired) electrons. The molecule has 8 nitrogen and oxygen atoms in total. The zero-order valence-corrected chi connectivity index (χ0v) is 12.2. The molecule has 1 aromatic carbocycles. The van der Waals surface area contributed by atoms with Crippen LogP contribution in [0.5, 0.6) is 5.75 Å². The molecular weight excluding hydrogens is 278 g/mol. The Labute approximate surface area is 122 Å². The van der Waals surface area contributed by atoms with Gasteiger partial charge in [0.05, 0.1) is 18.6 Å². The third-order valence-corrected chi connectivity index (χ3v) is 2.76. The second kappa shape index (κ2) is 8.05. The Morgan fingerprint density at radius 1 is 1.43 bits per heavy atom. The number of hydrogen-bond acceptors (Lipinski definition) is 6. The van der Waals surface area contributed by atoms with E-state index in [2.05, 4.69) is 10.6 Å². The molecule has 0 fully saturated rings. The lowest BCUT2D eigenvalue weighted by atomic mass is 10.2. The summed E-state index contributed by atoms with van der Waals surface area (Å²) >= 11 is 0. The number of methoxy groups -OCH3 is 2. The fraction of sp³-hybridized carbons (Fsp3) is 0.462. The summed E-state index contributed by atoms with van der Waals surface area (Å²) in [5, 5.41) is 16.4. The minimum absolute atomic E-state index is 0.125. The van der Waals surface area contributed by atoms with Crippen LogP contribution in [-0.2, 0) is 9.53 Å². The molecule has 0 aliphatic heterocycles. The molecular formula is C13H19N3O5. The van der Waals surface area contributed by atoms with Crippen LogP contribution in [0.4, 0.5) is 11.4 Å². The Morgan fingerprint density at radius 2 is 2.14 bits per heavy atom. The fourth-order valence-electron chi connectivity index (χ4n) is 1.66. The van der Waals surface area contributed by atoms with Crippen molar-refractivity contribution in [2.24, 2.45) is 0 Å². The highest BCUT2D eigenvalue weighted by Crippen LogP contribution is 2.29. The van der Waals surface area contributed by atoms with Crippen molar-refractivity contribution in [2.45, 2.75) is 13.0 Å². The minimum atomic E-state index is -0.524. The van der Waals surface area contributed by atoms with E-state index in [9.17, 15) is 14.9 Å². The van der Waals surface area contributed by atoms with E-state index < -0.39 is 11.0 Å². The molecule has 0 saturated carbocycles. The maximum Gasteiger partial charge on any atom is 0.311 e. The molecule has 8 heteroatoms. The van der Waals surface area contributed by atoms with Gasteiger partial charge in [-0.3, -0.25) is 14.9 Å². The monoisotopic (exact) mass is 297 g/mol. The van der Waals surface area contributed by atoms with Crippen LogP contribution in [0, 0.1) is 10.1 Å². The lowest BCUT2D eigenvalue weighted by Crippen LogP contribution is -2.39. The molecule has 1 amide bonds. The number of amides is 1. The Morgan fingerprint density at radius 3 is 2.71 bits per heavy atom. The van der Waals surface area contributed by atoms with Gasteiger partial charge in [-0.25, -0.2) is 0 Å². The van der Waals surface area contributed by atoms with Crippen molar-refractivity contribution in [3.8, 4) is 5.75 Å². The molecule has 116 valence electrons. The molecule has 2 N–H and O–H groups in total. The maximum absolute atomic E-state index is 11.8. The van der Waals surface area contributed by atoms with Crippen LogP contribution in [0.25, 0.3) is 0 Å². The summed E-state index contributed by atoms with van der Waals surface area (Å²) in [5.74, 6) is -0.0543. The lowest BCUT2D eigenvalue weighted by molar-refractivity contribution is -0.385. The van der Waals surface area contributed by atoms with E-state index in [1.807, 2.05) is 0 Å². The second-order valence-electron chi connectivity index (χ2n) is 4.29. The molecule has 0 aliphatic carbocycles. The zero-order valence-electron chi connectivity index (χ0n) is 12.2. The third kappa shape index (κ3) is 4.92. The number of nitrogens with zero attached hydrogens (tertiary/aromatic N) is 1. The molecule has 0 aliphatic rings. The van der Waals surface area contributed by atoms with E-state index in [0.29, 0.717) is 18.8 Å². The van der Waals surface area contributed by atoms with E-state index >= 15 is 0 Å². The van der Waals surface area contributed by atoms with Gasteiger partial charge in [-0.15, -0.1) is 0 Å². The molecule has 1 unspecified atom stereocenters. The molecule has 1 atom stereocenters. The van der Waals surface area contributed by atoms with Crippen LogP contribution < -0.4 is 15.4 Å². The van der Waals surface area contributed by atoms with Crippen molar-refractivity contribution in [2.75, 3.05) is 32.7 Å². The Balaban J connectivity index is 2.70. The van der Waals surface area contributed by atoms with Crippen molar-refractivity contribution in [3.05, 3.63) is 28.3 Å². The summed E-state index contributed by atoms with van der Waals surface area (Å²) in [4.78, 5) is 22.1. The maximum atomic E-state index is 11.8. The highest BCUT2D eigenvalue weighted by Gasteiger charge is 2.17. The van der Waals surface area contributed by atoms with Crippen molar-refractivity contribution in [1.82, 2.24) is 5.32 Å². The lowest BCUT2D eigenvalue weighted by Gasteiger charge is -2.15. The Hall–Kier alpha value is -2.35. The largest absolute Gasteiger partial charge is 0.490 e. The van der Waals surface area contributed by atoms with Gasteiger partial charge in [0, 0.05) is 31.5 Å². The number of nitro groups is 1. The fourth-order valence-corrected chi connectivity index (χ4v) is 1.66. The van der Waals surface area contributed by atoms with Gasteiger partial charge < -0.3 is 20.1 Å². The molecule has 0 saturated heterocycles. The first kappa shape index (κ1) is 16.7. The quantitative estimate of drug-likeness (QED) is 0.424. The van der Waals surface area contributed by atoms with Crippen molar-refractivity contribution in [1.29, 1.82) is 0 Å². The molecule has 0 bridgehead atoms. The van der Waals surface area contributed by atoms with Crippen LogP contribution in [0.3, 0.4) is 0 Å². The smallest absolute Gasteiger partial charge is 0.311 e. The number of benzene rings is 1. The van der Waals surface area contributed by atoms with Crippen molar-refractivity contribution >= 4 is 17.3 Å². The SMILES string of the molecule is COCCNC(=O)C(C)Nc1ccc([N+](=O)[O-])c(OC)c1. The van der Waals surface area contributed by atoms with Gasteiger partial charge in [-0.2, -0.15) is 0 Å². The number of anilines is 1. The standard InChI is InChI=1S/C13H19N3O5/c1-9(13(17)14-6-7-20-2)15-10-4-5-11(16(18)19)12(8-10)21-3/h4-5,8-9,15H,6-7H2,1-3H3,(H,14,17). The molecule has 0 aromatic heterocycles. The Bertz CT molecular complexity index is 507. The number of nitro benzene ring substituents is 1. The van der Waals surface area contributed by atoms with Gasteiger partial charge >= 0.3 is 5.69 Å². The summed E-state index contributed by atoms with van der Waals surface area (Å²) in [6.45, 7) is 2.55. The van der Waals surface area contributed by atoms with E-state index in [4.69, 9.17) is 9.47 Å². The molecule has 0 heterocycles. The second-order valence-corrected chi connectivity index (χ2v) is 4.29. The number of nitrogens with one attached hydrogen (secondary N) is 2. The van der Waals surface area contributed by atoms with Gasteiger partial charge in [0.2, 0.25) is 5.91 Å². The highest BCUT2D eigenvalue weighted by molar-refractivity contribution is 5.84. The third-order valence-electron chi connectivity index (χ3n) is 2.76. The molecule has 0 spiro atoms. The zero-order chi connectivity index (χ0) is 15.8. The van der Waals surface area contributed by atoms with Crippen LogP contribution in [0.1, 0.15) is 6.92 Å². The molecule has 1 rings (SSSR count). The first-order chi connectivity index (χ1) is 9.99. The summed E-state index contributed by atoms with van der Waals surface area (Å²) < 4.78 is 9.81. The predicted molar refractivity (Wildman–Crippen MR) is 77.6 cm³/mol. The van der Waals surface area contributed by atoms with Gasteiger partial charge in [-0.1, -0.05) is 0 Å². The normalized spacial score (nSPS) is 11.6. The van der Waals surface area contributed by atoms with Crippen molar-refractivity contribution in [3.63, 3.8) is 0 Å². The van der Waals surface area contributed by atoms with Gasteiger partial charge in [0.15, 0.2) is 5.75 Å². The summed E-state index contributed by atoms with van der Waals surface area (Å²) in [6, 6.07) is 3.85. The Kier molecular flexibility index (Phi) is 6.41. The summed E-state index contributed by atoms with van der Waals surface area (Å²) in [7, 11) is 2.91. The first-order valence-corrected chi connectivity index (χ1v) is 6.35. The van der Waals surface area contributed by atoms with E-state index in [-0.39, 0.29) is 17.3 Å². The summed E-state index contributed by atoms with van der Waals surface area (Å²) in [5.41, 5.74) is 0.437. The van der Waals surface area contributed by atoms with Crippen molar-refractivity contribution < 1.29 is 19.2 Å². The number of ether oxygens (including phenoxy) is 2. The molecule has 21 heavy (non-hydrogen) atoms. The topological polar surface area (TPSA) is 103 Å². The number of carbonyl (C=O) groups excluding carboxylic acids is 1. The first-order valence-electron chi connectivity index (χ1n) is 6.35. The predicted octanol–water partition coefficient (Wildman–Crippen LogP) is 1.17. The van der Waals surface area contributed by atoms with E-state index in [1.165, 1.54) is 25.3 Å². The van der Waals surface area contributed by atoms with Crippen LogP contribution in [0.15, 0.2) is 18.2 Å². The van der Waals surface area contributed by atoms with Crippen LogP contribution in [0.2, 0.25) is 0 Å². The minimum Gasteiger partial charge on any atom is -0.490 e. The average Bonchev–Trinajstić information content (AvgIpc) is 2.46. The van der Waals surface area contributed by atoms with Crippen LogP contribution in [-0.4, -0.2) is 44.2 Å². The molecule has 1 aromatic rings. The van der Waals surface area contributed by atoms with E-state index in [1.54, 1.807) is 14.0 Å². The number of carbonyl (C=O) groups is 1. The average molecular weight is 297 g/mol. The van der Waals surface area contributed by atoms with Gasteiger partial charge in [-0.05, 0) is 13.0 Å². The van der Waals surface area contributed by atoms with Crippen LogP contribution >= 0.6 is 0 Å².